The van der Waals surface area contributed by atoms with E-state index in [1.807, 2.05) is 0 Å². The molecule has 0 saturated heterocycles. The summed E-state index contributed by atoms with van der Waals surface area (Å²) >= 11 is 1.56. The van der Waals surface area contributed by atoms with Crippen LogP contribution in [0.5, 0.6) is 0 Å². The van der Waals surface area contributed by atoms with Gasteiger partial charge in [0.15, 0.2) is 0 Å². The molecule has 0 saturated carbocycles. The number of carboxylic acids is 1. The highest BCUT2D eigenvalue weighted by molar-refractivity contribution is 8.00. The van der Waals surface area contributed by atoms with Gasteiger partial charge in [-0.1, -0.05) is 0 Å². The average molecular weight is 268 g/mol. The summed E-state index contributed by atoms with van der Waals surface area (Å²) in [4.78, 5) is 10.8. The third kappa shape index (κ3) is 7.98. The molecular formula is C10H20O4S2. The summed E-state index contributed by atoms with van der Waals surface area (Å²) in [5.74, 6) is 0.812. The van der Waals surface area contributed by atoms with Crippen LogP contribution in [0.3, 0.4) is 0 Å². The second-order valence-electron chi connectivity index (χ2n) is 4.53. The van der Waals surface area contributed by atoms with E-state index in [9.17, 15) is 13.2 Å². The lowest BCUT2D eigenvalue weighted by Crippen LogP contribution is -2.23. The van der Waals surface area contributed by atoms with Crippen LogP contribution in [0.15, 0.2) is 0 Å². The fourth-order valence-electron chi connectivity index (χ4n) is 1.04. The van der Waals surface area contributed by atoms with Crippen molar-refractivity contribution in [3.8, 4) is 0 Å². The maximum absolute atomic E-state index is 10.8. The Hall–Kier alpha value is -0.230. The molecule has 0 aromatic heterocycles. The van der Waals surface area contributed by atoms with Gasteiger partial charge >= 0.3 is 5.97 Å². The monoisotopic (exact) mass is 268 g/mol. The molecule has 0 aliphatic carbocycles. The van der Waals surface area contributed by atoms with Crippen molar-refractivity contribution < 1.29 is 18.3 Å². The van der Waals surface area contributed by atoms with E-state index in [0.717, 1.165) is 12.2 Å². The van der Waals surface area contributed by atoms with Gasteiger partial charge in [0, 0.05) is 12.0 Å². The first-order chi connectivity index (χ1) is 7.15. The van der Waals surface area contributed by atoms with Crippen molar-refractivity contribution in [2.24, 2.45) is 5.41 Å². The van der Waals surface area contributed by atoms with Gasteiger partial charge in [-0.3, -0.25) is 4.79 Å². The third-order valence-electron chi connectivity index (χ3n) is 2.27. The maximum atomic E-state index is 10.8. The molecule has 0 heterocycles. The van der Waals surface area contributed by atoms with Crippen molar-refractivity contribution >= 4 is 27.6 Å². The van der Waals surface area contributed by atoms with E-state index in [4.69, 9.17) is 5.11 Å². The zero-order valence-electron chi connectivity index (χ0n) is 10.0. The van der Waals surface area contributed by atoms with Crippen LogP contribution in [-0.2, 0) is 14.6 Å². The molecule has 0 spiro atoms. The van der Waals surface area contributed by atoms with Gasteiger partial charge in [-0.15, -0.1) is 0 Å². The van der Waals surface area contributed by atoms with Crippen LogP contribution in [-0.4, -0.2) is 43.0 Å². The van der Waals surface area contributed by atoms with Crippen LogP contribution in [0.2, 0.25) is 0 Å². The zero-order chi connectivity index (χ0) is 12.8. The van der Waals surface area contributed by atoms with E-state index in [1.54, 1.807) is 25.6 Å². The number of thioether (sulfide) groups is 1. The van der Waals surface area contributed by atoms with Crippen molar-refractivity contribution in [2.75, 3.05) is 23.5 Å². The molecule has 6 heteroatoms. The Morgan fingerprint density at radius 1 is 1.31 bits per heavy atom. The number of carboxylic acid groups (broad SMARTS) is 1. The minimum atomic E-state index is -2.87. The number of sulfone groups is 1. The zero-order valence-corrected chi connectivity index (χ0v) is 11.7. The van der Waals surface area contributed by atoms with E-state index < -0.39 is 21.2 Å². The molecule has 0 unspecified atom stereocenters. The van der Waals surface area contributed by atoms with Crippen LogP contribution in [0.4, 0.5) is 0 Å². The second-order valence-corrected chi connectivity index (χ2v) is 8.02. The van der Waals surface area contributed by atoms with E-state index in [0.29, 0.717) is 12.2 Å². The van der Waals surface area contributed by atoms with Gasteiger partial charge in [0.05, 0.1) is 11.2 Å². The predicted molar refractivity (Wildman–Crippen MR) is 67.7 cm³/mol. The fourth-order valence-corrected chi connectivity index (χ4v) is 3.27. The Balaban J connectivity index is 3.59. The third-order valence-corrected chi connectivity index (χ3v) is 4.54. The lowest BCUT2D eigenvalue weighted by molar-refractivity contribution is -0.147. The summed E-state index contributed by atoms with van der Waals surface area (Å²) in [6, 6.07) is 0. The smallest absolute Gasteiger partial charge is 0.309 e. The molecule has 4 nitrogen and oxygen atoms in total. The highest BCUT2D eigenvalue weighted by Crippen LogP contribution is 2.23. The van der Waals surface area contributed by atoms with Gasteiger partial charge < -0.3 is 5.11 Å². The number of aliphatic carboxylic acids is 1. The first-order valence-electron chi connectivity index (χ1n) is 5.14. The second kappa shape index (κ2) is 6.49. The Labute approximate surface area is 102 Å². The molecule has 0 aliphatic heterocycles. The molecule has 0 aromatic rings. The minimum absolute atomic E-state index is 0.194. The van der Waals surface area contributed by atoms with Crippen molar-refractivity contribution in [3.05, 3.63) is 0 Å². The molecule has 96 valence electrons. The van der Waals surface area contributed by atoms with Crippen LogP contribution >= 0.6 is 11.8 Å². The van der Waals surface area contributed by atoms with Gasteiger partial charge in [0.25, 0.3) is 0 Å². The summed E-state index contributed by atoms with van der Waals surface area (Å²) in [5, 5.41) is 8.86. The standard InChI is InChI=1S/C10H20O4S2/c1-10(2,9(11)12)5-4-6-15-7-8-16(3,13)14/h4-8H2,1-3H3,(H,11,12). The summed E-state index contributed by atoms with van der Waals surface area (Å²) in [5.41, 5.74) is -0.683. The average Bonchev–Trinajstić information content (AvgIpc) is 2.09. The van der Waals surface area contributed by atoms with E-state index in [1.165, 1.54) is 6.26 Å². The molecule has 0 atom stereocenters. The predicted octanol–water partition coefficient (Wildman–Crippen LogP) is 1.66. The molecule has 0 aliphatic rings. The molecule has 1 N–H and O–H groups in total. The Morgan fingerprint density at radius 3 is 2.31 bits per heavy atom. The summed E-state index contributed by atoms with van der Waals surface area (Å²) in [7, 11) is -2.87. The van der Waals surface area contributed by atoms with Crippen molar-refractivity contribution in [1.82, 2.24) is 0 Å². The number of rotatable bonds is 8. The molecule has 0 bridgehead atoms. The molecule has 16 heavy (non-hydrogen) atoms. The molecule has 0 radical (unpaired) electrons. The normalized spacial score (nSPS) is 12.7. The molecule has 0 amide bonds. The Kier molecular flexibility index (Phi) is 6.40. The first-order valence-corrected chi connectivity index (χ1v) is 8.35. The highest BCUT2D eigenvalue weighted by Gasteiger charge is 2.25. The lowest BCUT2D eigenvalue weighted by Gasteiger charge is -2.18. The minimum Gasteiger partial charge on any atom is -0.481 e. The quantitative estimate of drug-likeness (QED) is 0.678. The van der Waals surface area contributed by atoms with E-state index in [2.05, 4.69) is 0 Å². The Bertz CT molecular complexity index is 320. The van der Waals surface area contributed by atoms with Crippen molar-refractivity contribution in [2.45, 2.75) is 26.7 Å². The van der Waals surface area contributed by atoms with Gasteiger partial charge in [0.1, 0.15) is 9.84 Å². The van der Waals surface area contributed by atoms with Gasteiger partial charge in [0.2, 0.25) is 0 Å². The van der Waals surface area contributed by atoms with Gasteiger partial charge in [-0.05, 0) is 32.4 Å². The molecule has 0 aromatic carbocycles. The SMILES string of the molecule is CC(C)(CCCSCCS(C)(=O)=O)C(=O)O. The highest BCUT2D eigenvalue weighted by atomic mass is 32.2. The maximum Gasteiger partial charge on any atom is 0.309 e. The van der Waals surface area contributed by atoms with Crippen LogP contribution in [0, 0.1) is 5.41 Å². The topological polar surface area (TPSA) is 71.4 Å². The molecular weight excluding hydrogens is 248 g/mol. The number of hydrogen-bond acceptors (Lipinski definition) is 4. The number of carbonyl (C=O) groups is 1. The van der Waals surface area contributed by atoms with Gasteiger partial charge in [-0.2, -0.15) is 11.8 Å². The van der Waals surface area contributed by atoms with Crippen molar-refractivity contribution in [3.63, 3.8) is 0 Å². The molecule has 0 rings (SSSR count). The van der Waals surface area contributed by atoms with Crippen LogP contribution in [0.25, 0.3) is 0 Å². The first kappa shape index (κ1) is 15.8. The fraction of sp³-hybridized carbons (Fsp3) is 0.900. The molecule has 0 fully saturated rings. The lowest BCUT2D eigenvalue weighted by atomic mass is 9.88. The van der Waals surface area contributed by atoms with E-state index >= 15 is 0 Å². The largest absolute Gasteiger partial charge is 0.481 e. The summed E-state index contributed by atoms with van der Waals surface area (Å²) < 4.78 is 21.6. The number of hydrogen-bond donors (Lipinski definition) is 1. The van der Waals surface area contributed by atoms with Crippen molar-refractivity contribution in [1.29, 1.82) is 0 Å². The van der Waals surface area contributed by atoms with Crippen LogP contribution in [0.1, 0.15) is 26.7 Å². The summed E-state index contributed by atoms with van der Waals surface area (Å²) in [6.45, 7) is 3.41. The van der Waals surface area contributed by atoms with Gasteiger partial charge in [-0.25, -0.2) is 8.42 Å². The van der Waals surface area contributed by atoms with E-state index in [-0.39, 0.29) is 5.75 Å². The summed E-state index contributed by atoms with van der Waals surface area (Å²) in [6.07, 6.45) is 2.64. The Morgan fingerprint density at radius 2 is 1.88 bits per heavy atom. The van der Waals surface area contributed by atoms with Crippen LogP contribution < -0.4 is 0 Å².